The van der Waals surface area contributed by atoms with E-state index in [-0.39, 0.29) is 54.4 Å². The van der Waals surface area contributed by atoms with Crippen LogP contribution in [-0.4, -0.2) is 43.1 Å². The molecule has 3 amide bonds. The Morgan fingerprint density at radius 2 is 1.69 bits per heavy atom. The van der Waals surface area contributed by atoms with Crippen LogP contribution in [0.15, 0.2) is 48.5 Å². The Labute approximate surface area is 189 Å². The Morgan fingerprint density at radius 3 is 2.38 bits per heavy atom. The number of carbonyl (C=O) groups is 3. The van der Waals surface area contributed by atoms with Crippen molar-refractivity contribution in [3.05, 3.63) is 64.9 Å². The van der Waals surface area contributed by atoms with Crippen molar-refractivity contribution in [2.24, 2.45) is 0 Å². The van der Waals surface area contributed by atoms with Gasteiger partial charge in [0.15, 0.2) is 6.61 Å². The van der Waals surface area contributed by atoms with Crippen LogP contribution < -0.4 is 20.7 Å². The molecular formula is C22H23ClFN3O5. The summed E-state index contributed by atoms with van der Waals surface area (Å²) in [4.78, 5) is 35.5. The van der Waals surface area contributed by atoms with Gasteiger partial charge in [-0.25, -0.2) is 9.18 Å². The molecule has 0 aliphatic heterocycles. The maximum atomic E-state index is 13.4. The lowest BCUT2D eigenvalue weighted by atomic mass is 9.86. The van der Waals surface area contributed by atoms with Crippen LogP contribution in [0.1, 0.15) is 18.4 Å². The number of hydrogen-bond acceptors (Lipinski definition) is 5. The summed E-state index contributed by atoms with van der Waals surface area (Å²) in [7, 11) is 0. The average Bonchev–Trinajstić information content (AvgIpc) is 2.76. The third-order valence-electron chi connectivity index (χ3n) is 4.74. The number of amides is 3. The Hall–Kier alpha value is -3.33. The molecule has 0 radical (unpaired) electrons. The van der Waals surface area contributed by atoms with Crippen molar-refractivity contribution in [2.75, 3.05) is 13.2 Å². The Bertz CT molecular complexity index is 954. The zero-order valence-electron chi connectivity index (χ0n) is 17.1. The Morgan fingerprint density at radius 1 is 1.00 bits per heavy atom. The maximum absolute atomic E-state index is 13.4. The molecule has 0 heterocycles. The van der Waals surface area contributed by atoms with Gasteiger partial charge in [-0.05, 0) is 30.5 Å². The molecular weight excluding hydrogens is 441 g/mol. The van der Waals surface area contributed by atoms with Crippen molar-refractivity contribution >= 4 is 29.5 Å². The molecule has 2 aromatic carbocycles. The second-order valence-electron chi connectivity index (χ2n) is 7.28. The van der Waals surface area contributed by atoms with E-state index in [1.165, 1.54) is 12.1 Å². The third-order valence-corrected chi connectivity index (χ3v) is 5.04. The van der Waals surface area contributed by atoms with E-state index in [2.05, 4.69) is 16.0 Å². The lowest BCUT2D eigenvalue weighted by molar-refractivity contribution is -0.124. The minimum absolute atomic E-state index is 0.0244. The van der Waals surface area contributed by atoms with Crippen LogP contribution in [0.5, 0.6) is 5.75 Å². The molecule has 3 N–H and O–H groups in total. The molecule has 0 spiro atoms. The van der Waals surface area contributed by atoms with Gasteiger partial charge < -0.3 is 25.4 Å². The van der Waals surface area contributed by atoms with Crippen LogP contribution in [0.4, 0.5) is 9.18 Å². The summed E-state index contributed by atoms with van der Waals surface area (Å²) >= 11 is 5.59. The predicted octanol–water partition coefficient (Wildman–Crippen LogP) is 2.55. The fourth-order valence-electron chi connectivity index (χ4n) is 3.04. The molecule has 1 fully saturated rings. The van der Waals surface area contributed by atoms with E-state index in [1.54, 1.807) is 0 Å². The molecule has 10 heteroatoms. The molecule has 1 aliphatic rings. The minimum atomic E-state index is -0.677. The van der Waals surface area contributed by atoms with Gasteiger partial charge in [-0.1, -0.05) is 41.9 Å². The molecule has 0 bridgehead atoms. The molecule has 0 atom stereocenters. The minimum Gasteiger partial charge on any atom is -0.484 e. The highest BCUT2D eigenvalue weighted by Gasteiger charge is 2.31. The molecule has 8 nitrogen and oxygen atoms in total. The molecule has 0 unspecified atom stereocenters. The smallest absolute Gasteiger partial charge is 0.407 e. The number of benzene rings is 2. The molecule has 3 rings (SSSR count). The van der Waals surface area contributed by atoms with E-state index < -0.39 is 11.9 Å². The van der Waals surface area contributed by atoms with Crippen LogP contribution in [-0.2, 0) is 20.9 Å². The van der Waals surface area contributed by atoms with E-state index in [9.17, 15) is 18.8 Å². The van der Waals surface area contributed by atoms with Gasteiger partial charge in [-0.2, -0.15) is 0 Å². The third kappa shape index (κ3) is 7.42. The van der Waals surface area contributed by atoms with Crippen LogP contribution >= 0.6 is 11.6 Å². The van der Waals surface area contributed by atoms with Gasteiger partial charge in [0.1, 0.15) is 24.7 Å². The summed E-state index contributed by atoms with van der Waals surface area (Å²) in [6, 6.07) is 12.9. The lowest BCUT2D eigenvalue weighted by Gasteiger charge is -2.36. The number of carbonyl (C=O) groups excluding carboxylic acids is 3. The normalized spacial score (nSPS) is 16.9. The number of ether oxygens (including phenoxy) is 2. The van der Waals surface area contributed by atoms with Gasteiger partial charge >= 0.3 is 6.09 Å². The second-order valence-corrected chi connectivity index (χ2v) is 7.69. The monoisotopic (exact) mass is 463 g/mol. The summed E-state index contributed by atoms with van der Waals surface area (Å²) in [6.07, 6.45) is 0.445. The summed E-state index contributed by atoms with van der Waals surface area (Å²) < 4.78 is 23.6. The second kappa shape index (κ2) is 11.3. The van der Waals surface area contributed by atoms with Crippen molar-refractivity contribution in [3.8, 4) is 5.75 Å². The fraction of sp³-hybridized carbons (Fsp3) is 0.318. The van der Waals surface area contributed by atoms with Gasteiger partial charge in [-0.3, -0.25) is 9.59 Å². The van der Waals surface area contributed by atoms with Crippen LogP contribution in [0.3, 0.4) is 0 Å². The van der Waals surface area contributed by atoms with Gasteiger partial charge in [0.2, 0.25) is 5.91 Å². The average molecular weight is 464 g/mol. The van der Waals surface area contributed by atoms with Crippen molar-refractivity contribution in [2.45, 2.75) is 31.5 Å². The van der Waals surface area contributed by atoms with E-state index in [4.69, 9.17) is 21.1 Å². The summed E-state index contributed by atoms with van der Waals surface area (Å²) in [5.74, 6) is -1.11. The highest BCUT2D eigenvalue weighted by Crippen LogP contribution is 2.21. The van der Waals surface area contributed by atoms with Gasteiger partial charge in [-0.15, -0.1) is 0 Å². The molecule has 32 heavy (non-hydrogen) atoms. The number of rotatable bonds is 9. The van der Waals surface area contributed by atoms with E-state index >= 15 is 0 Å². The molecule has 1 aliphatic carbocycles. The van der Waals surface area contributed by atoms with Gasteiger partial charge in [0.05, 0.1) is 5.02 Å². The maximum Gasteiger partial charge on any atom is 0.407 e. The first-order chi connectivity index (χ1) is 15.4. The van der Waals surface area contributed by atoms with Gasteiger partial charge in [0, 0.05) is 18.2 Å². The standard InChI is InChI=1S/C22H23ClFN3O5/c23-18-7-6-17(10-19(18)24)31-13-21(29)27-16-8-15(9-16)26-20(28)11-25-22(30)32-12-14-4-2-1-3-5-14/h1-7,10,15-16H,8-9,11-13H2,(H,25,30)(H,26,28)(H,27,29). The van der Waals surface area contributed by atoms with Crippen molar-refractivity contribution in [1.82, 2.24) is 16.0 Å². The number of halogens is 2. The summed E-state index contributed by atoms with van der Waals surface area (Å²) in [5, 5.41) is 7.92. The molecule has 170 valence electrons. The fourth-order valence-corrected chi connectivity index (χ4v) is 3.16. The van der Waals surface area contributed by atoms with Crippen LogP contribution in [0.25, 0.3) is 0 Å². The highest BCUT2D eigenvalue weighted by atomic mass is 35.5. The highest BCUT2D eigenvalue weighted by molar-refractivity contribution is 6.30. The van der Waals surface area contributed by atoms with Crippen molar-refractivity contribution in [3.63, 3.8) is 0 Å². The van der Waals surface area contributed by atoms with Crippen LogP contribution in [0, 0.1) is 5.82 Å². The predicted molar refractivity (Wildman–Crippen MR) is 115 cm³/mol. The zero-order valence-corrected chi connectivity index (χ0v) is 17.9. The summed E-state index contributed by atoms with van der Waals surface area (Å²) in [6.45, 7) is -0.342. The Balaban J connectivity index is 1.25. The first-order valence-corrected chi connectivity index (χ1v) is 10.4. The number of nitrogens with one attached hydrogen (secondary N) is 3. The van der Waals surface area contributed by atoms with E-state index in [0.29, 0.717) is 12.8 Å². The largest absolute Gasteiger partial charge is 0.484 e. The van der Waals surface area contributed by atoms with Crippen LogP contribution in [0.2, 0.25) is 5.02 Å². The molecule has 1 saturated carbocycles. The first-order valence-electron chi connectivity index (χ1n) is 10.00. The topological polar surface area (TPSA) is 106 Å². The number of alkyl carbamates (subject to hydrolysis) is 1. The molecule has 0 saturated heterocycles. The molecule has 2 aromatic rings. The first kappa shape index (κ1) is 23.3. The molecule has 0 aromatic heterocycles. The SMILES string of the molecule is O=C(CNC(=O)OCc1ccccc1)NC1CC(NC(=O)COc2ccc(Cl)c(F)c2)C1. The van der Waals surface area contributed by atoms with Crippen molar-refractivity contribution in [1.29, 1.82) is 0 Å². The van der Waals surface area contributed by atoms with E-state index in [0.717, 1.165) is 11.6 Å². The zero-order chi connectivity index (χ0) is 22.9. The lowest BCUT2D eigenvalue weighted by Crippen LogP contribution is -2.55. The van der Waals surface area contributed by atoms with Crippen molar-refractivity contribution < 1.29 is 28.2 Å². The number of hydrogen-bond donors (Lipinski definition) is 3. The Kier molecular flexibility index (Phi) is 8.27. The summed E-state index contributed by atoms with van der Waals surface area (Å²) in [5.41, 5.74) is 0.848. The van der Waals surface area contributed by atoms with Gasteiger partial charge in [0.25, 0.3) is 5.91 Å². The quantitative estimate of drug-likeness (QED) is 0.530. The van der Waals surface area contributed by atoms with E-state index in [1.807, 2.05) is 30.3 Å².